The number of oxazole rings is 1. The third-order valence-electron chi connectivity index (χ3n) is 10.9. The van der Waals surface area contributed by atoms with Crippen LogP contribution in [0.1, 0.15) is 25.0 Å². The number of fused-ring (bicyclic) bond motifs is 6. The molecule has 8 aromatic carbocycles. The van der Waals surface area contributed by atoms with E-state index in [-0.39, 0.29) is 5.41 Å². The first-order valence-electron chi connectivity index (χ1n) is 18.2. The summed E-state index contributed by atoms with van der Waals surface area (Å²) in [6.07, 6.45) is 0. The van der Waals surface area contributed by atoms with Crippen LogP contribution in [0.2, 0.25) is 0 Å². The molecule has 0 unspecified atom stereocenters. The zero-order valence-corrected chi connectivity index (χ0v) is 29.6. The maximum Gasteiger partial charge on any atom is 0.227 e. The largest absolute Gasteiger partial charge is 0.435 e. The van der Waals surface area contributed by atoms with Gasteiger partial charge in [0.15, 0.2) is 5.58 Å². The summed E-state index contributed by atoms with van der Waals surface area (Å²) >= 11 is 0. The van der Waals surface area contributed by atoms with Crippen molar-refractivity contribution in [2.45, 2.75) is 19.3 Å². The van der Waals surface area contributed by atoms with E-state index in [1.165, 1.54) is 33.4 Å². The molecule has 0 radical (unpaired) electrons. The Morgan fingerprint density at radius 3 is 1.75 bits per heavy atom. The van der Waals surface area contributed by atoms with E-state index in [0.29, 0.717) is 5.89 Å². The molecule has 1 aromatic heterocycles. The van der Waals surface area contributed by atoms with Crippen LogP contribution < -0.4 is 4.90 Å². The van der Waals surface area contributed by atoms with Gasteiger partial charge in [-0.25, -0.2) is 4.98 Å². The van der Waals surface area contributed by atoms with E-state index < -0.39 is 0 Å². The maximum absolute atomic E-state index is 6.39. The van der Waals surface area contributed by atoms with Gasteiger partial charge in [0.2, 0.25) is 5.89 Å². The topological polar surface area (TPSA) is 29.3 Å². The second kappa shape index (κ2) is 12.2. The lowest BCUT2D eigenvalue weighted by Crippen LogP contribution is -2.16. The molecular weight excluding hydrogens is 645 g/mol. The van der Waals surface area contributed by atoms with E-state index in [2.05, 4.69) is 170 Å². The molecule has 0 saturated heterocycles. The van der Waals surface area contributed by atoms with Crippen molar-refractivity contribution in [2.24, 2.45) is 0 Å². The third-order valence-corrected chi connectivity index (χ3v) is 10.9. The highest BCUT2D eigenvalue weighted by Crippen LogP contribution is 2.50. The molecule has 0 saturated carbocycles. The van der Waals surface area contributed by atoms with E-state index in [9.17, 15) is 0 Å². The summed E-state index contributed by atoms with van der Waals surface area (Å²) in [5, 5.41) is 2.19. The quantitative estimate of drug-likeness (QED) is 0.175. The molecule has 0 fully saturated rings. The molecule has 1 heterocycles. The Bertz CT molecular complexity index is 2780. The van der Waals surface area contributed by atoms with Gasteiger partial charge in [0.05, 0.1) is 0 Å². The zero-order chi connectivity index (χ0) is 35.5. The van der Waals surface area contributed by atoms with Crippen LogP contribution in [0.4, 0.5) is 17.1 Å². The van der Waals surface area contributed by atoms with Gasteiger partial charge in [-0.05, 0) is 104 Å². The summed E-state index contributed by atoms with van der Waals surface area (Å²) in [4.78, 5) is 7.20. The van der Waals surface area contributed by atoms with E-state index in [1.807, 2.05) is 30.3 Å². The highest BCUT2D eigenvalue weighted by molar-refractivity contribution is 6.09. The number of aromatic nitrogens is 1. The fourth-order valence-corrected chi connectivity index (χ4v) is 8.20. The summed E-state index contributed by atoms with van der Waals surface area (Å²) in [5.74, 6) is 0.638. The van der Waals surface area contributed by atoms with Gasteiger partial charge in [-0.15, -0.1) is 0 Å². The second-order valence-electron chi connectivity index (χ2n) is 14.4. The normalized spacial score (nSPS) is 12.9. The van der Waals surface area contributed by atoms with Crippen molar-refractivity contribution in [1.29, 1.82) is 0 Å². The Hall–Kier alpha value is -6.71. The molecule has 0 N–H and O–H groups in total. The Kier molecular flexibility index (Phi) is 7.16. The van der Waals surface area contributed by atoms with Gasteiger partial charge >= 0.3 is 0 Å². The first-order chi connectivity index (χ1) is 26.0. The summed E-state index contributed by atoms with van der Waals surface area (Å²) in [7, 11) is 0. The second-order valence-corrected chi connectivity index (χ2v) is 14.4. The Morgan fingerprint density at radius 1 is 0.434 bits per heavy atom. The van der Waals surface area contributed by atoms with Crippen LogP contribution in [0.15, 0.2) is 186 Å². The first-order valence-corrected chi connectivity index (χ1v) is 18.2. The molecule has 252 valence electrons. The van der Waals surface area contributed by atoms with Gasteiger partial charge < -0.3 is 9.32 Å². The maximum atomic E-state index is 6.39. The van der Waals surface area contributed by atoms with Gasteiger partial charge in [-0.3, -0.25) is 0 Å². The van der Waals surface area contributed by atoms with Crippen molar-refractivity contribution in [3.63, 3.8) is 0 Å². The number of hydrogen-bond acceptors (Lipinski definition) is 3. The smallest absolute Gasteiger partial charge is 0.227 e. The minimum absolute atomic E-state index is 0.0974. The monoisotopic (exact) mass is 680 g/mol. The number of hydrogen-bond donors (Lipinski definition) is 0. The predicted molar refractivity (Wildman–Crippen MR) is 220 cm³/mol. The summed E-state index contributed by atoms with van der Waals surface area (Å²) in [5.41, 5.74) is 16.0. The summed E-state index contributed by atoms with van der Waals surface area (Å²) in [6, 6.07) is 65.0. The van der Waals surface area contributed by atoms with Crippen molar-refractivity contribution >= 4 is 38.9 Å². The lowest BCUT2D eigenvalue weighted by atomic mass is 9.82. The van der Waals surface area contributed by atoms with Crippen molar-refractivity contribution in [3.8, 4) is 44.8 Å². The molecule has 10 rings (SSSR count). The van der Waals surface area contributed by atoms with Crippen LogP contribution in [-0.4, -0.2) is 4.98 Å². The minimum atomic E-state index is -0.0974. The van der Waals surface area contributed by atoms with E-state index in [4.69, 9.17) is 9.40 Å². The van der Waals surface area contributed by atoms with Crippen LogP contribution in [0.3, 0.4) is 0 Å². The van der Waals surface area contributed by atoms with Crippen LogP contribution in [0, 0.1) is 0 Å². The van der Waals surface area contributed by atoms with Gasteiger partial charge in [0.1, 0.15) is 5.52 Å². The molecule has 0 amide bonds. The van der Waals surface area contributed by atoms with E-state index >= 15 is 0 Å². The van der Waals surface area contributed by atoms with Crippen LogP contribution in [-0.2, 0) is 5.41 Å². The van der Waals surface area contributed by atoms with Crippen molar-refractivity contribution in [1.82, 2.24) is 4.98 Å². The van der Waals surface area contributed by atoms with Crippen LogP contribution >= 0.6 is 0 Å². The highest BCUT2D eigenvalue weighted by atomic mass is 16.3. The highest BCUT2D eigenvalue weighted by Gasteiger charge is 2.35. The lowest BCUT2D eigenvalue weighted by molar-refractivity contribution is 0.623. The molecule has 3 heteroatoms. The zero-order valence-electron chi connectivity index (χ0n) is 29.6. The molecule has 1 aliphatic rings. The van der Waals surface area contributed by atoms with Crippen molar-refractivity contribution in [2.75, 3.05) is 4.90 Å². The van der Waals surface area contributed by atoms with Gasteiger partial charge in [0, 0.05) is 33.4 Å². The standard InChI is InChI=1S/C50H36N2O/c1-50(2)45-19-10-9-16-42(45)43-29-28-39(32-46(43)50)52(37-24-20-34(21-25-37)33-12-5-3-6-13-33)38-26-22-35(23-27-38)40-17-11-18-44-41(40)30-31-47-48(44)53-49(51-47)36-14-7-4-8-15-36/h3-32H,1-2H3. The van der Waals surface area contributed by atoms with Gasteiger partial charge in [-0.2, -0.15) is 0 Å². The number of benzene rings is 8. The average molecular weight is 681 g/mol. The predicted octanol–water partition coefficient (Wildman–Crippen LogP) is 13.8. The van der Waals surface area contributed by atoms with E-state index in [1.54, 1.807) is 0 Å². The summed E-state index contributed by atoms with van der Waals surface area (Å²) in [6.45, 7) is 4.68. The molecular formula is C50H36N2O. The van der Waals surface area contributed by atoms with Crippen LogP contribution in [0.25, 0.3) is 66.7 Å². The number of anilines is 3. The number of nitrogens with zero attached hydrogens (tertiary/aromatic N) is 2. The van der Waals surface area contributed by atoms with Gasteiger partial charge in [-0.1, -0.05) is 141 Å². The summed E-state index contributed by atoms with van der Waals surface area (Å²) < 4.78 is 6.39. The molecule has 1 aliphatic carbocycles. The van der Waals surface area contributed by atoms with Crippen LogP contribution in [0.5, 0.6) is 0 Å². The van der Waals surface area contributed by atoms with Crippen molar-refractivity contribution in [3.05, 3.63) is 193 Å². The molecule has 3 nitrogen and oxygen atoms in total. The molecule has 9 aromatic rings. The van der Waals surface area contributed by atoms with E-state index in [0.717, 1.165) is 55.6 Å². The molecule has 0 spiro atoms. The SMILES string of the molecule is CC1(C)c2ccccc2-c2ccc(N(c3ccc(-c4ccccc4)cc3)c3ccc(-c4cccc5c4ccc4nc(-c6ccccc6)oc45)cc3)cc21. The average Bonchev–Trinajstić information content (AvgIpc) is 3.76. The Morgan fingerprint density at radius 2 is 1.02 bits per heavy atom. The Labute approximate surface area is 309 Å². The lowest BCUT2D eigenvalue weighted by Gasteiger charge is -2.28. The number of rotatable bonds is 6. The first kappa shape index (κ1) is 31.1. The fourth-order valence-electron chi connectivity index (χ4n) is 8.20. The molecule has 0 atom stereocenters. The minimum Gasteiger partial charge on any atom is -0.435 e. The molecule has 0 aliphatic heterocycles. The third kappa shape index (κ3) is 5.16. The Balaban J connectivity index is 1.06. The fraction of sp³-hybridized carbons (Fsp3) is 0.0600. The molecule has 53 heavy (non-hydrogen) atoms. The van der Waals surface area contributed by atoms with Crippen molar-refractivity contribution < 1.29 is 4.42 Å². The molecule has 0 bridgehead atoms. The van der Waals surface area contributed by atoms with Gasteiger partial charge in [0.25, 0.3) is 0 Å².